The summed E-state index contributed by atoms with van der Waals surface area (Å²) in [5, 5.41) is 7.40. The molecule has 0 aliphatic rings. The molecule has 0 amide bonds. The van der Waals surface area contributed by atoms with Crippen LogP contribution in [0.25, 0.3) is 0 Å². The molecule has 0 aliphatic heterocycles. The van der Waals surface area contributed by atoms with Gasteiger partial charge in [-0.2, -0.15) is 4.98 Å². The Morgan fingerprint density at radius 2 is 2.28 bits per heavy atom. The van der Waals surface area contributed by atoms with Crippen molar-refractivity contribution in [3.63, 3.8) is 0 Å². The number of rotatable bonds is 5. The maximum Gasteiger partial charge on any atom is 0.342 e. The van der Waals surface area contributed by atoms with Gasteiger partial charge in [-0.3, -0.25) is 4.68 Å². The number of nitrogens with one attached hydrogen (secondary N) is 1. The molecule has 1 N–H and O–H groups in total. The Labute approximate surface area is 106 Å². The molecule has 0 spiro atoms. The molecular weight excluding hydrogens is 230 g/mol. The third-order valence-electron chi connectivity index (χ3n) is 2.54. The van der Waals surface area contributed by atoms with E-state index in [1.165, 1.54) is 0 Å². The van der Waals surface area contributed by atoms with Gasteiger partial charge in [0.25, 0.3) is 0 Å². The normalized spacial score (nSPS) is 12.4. The van der Waals surface area contributed by atoms with E-state index in [0.29, 0.717) is 11.9 Å². The van der Waals surface area contributed by atoms with Crippen LogP contribution in [0, 0.1) is 0 Å². The zero-order chi connectivity index (χ0) is 13.0. The largest absolute Gasteiger partial charge is 0.404 e. The maximum atomic E-state index is 5.60. The molecule has 6 heteroatoms. The highest BCUT2D eigenvalue weighted by Gasteiger charge is 2.13. The van der Waals surface area contributed by atoms with Crippen molar-refractivity contribution in [2.24, 2.45) is 7.05 Å². The topological polar surface area (TPSA) is 64.9 Å². The molecule has 1 unspecified atom stereocenters. The van der Waals surface area contributed by atoms with E-state index in [1.807, 2.05) is 12.1 Å². The van der Waals surface area contributed by atoms with Crippen molar-refractivity contribution >= 4 is 0 Å². The van der Waals surface area contributed by atoms with Gasteiger partial charge in [0.15, 0.2) is 0 Å². The van der Waals surface area contributed by atoms with Gasteiger partial charge in [-0.05, 0) is 19.5 Å². The Morgan fingerprint density at radius 3 is 2.94 bits per heavy atom. The lowest BCUT2D eigenvalue weighted by Crippen LogP contribution is -2.18. The van der Waals surface area contributed by atoms with Crippen LogP contribution in [0.5, 0.6) is 11.9 Å². The van der Waals surface area contributed by atoms with E-state index in [4.69, 9.17) is 4.74 Å². The van der Waals surface area contributed by atoms with Gasteiger partial charge in [0.2, 0.25) is 5.88 Å². The Kier molecular flexibility index (Phi) is 3.88. The standard InChI is InChI=1S/C12H17N5O/c1-4-13-9(2)10-6-5-7-14-11(10)18-12-15-8-17(3)16-12/h5-9,13H,4H2,1-3H3. The molecule has 0 bridgehead atoms. The number of nitrogens with zero attached hydrogens (tertiary/aromatic N) is 4. The molecule has 96 valence electrons. The number of aromatic nitrogens is 4. The molecule has 0 fully saturated rings. The first-order valence-electron chi connectivity index (χ1n) is 5.92. The summed E-state index contributed by atoms with van der Waals surface area (Å²) in [5.41, 5.74) is 0.992. The van der Waals surface area contributed by atoms with Crippen LogP contribution in [-0.2, 0) is 7.05 Å². The zero-order valence-electron chi connectivity index (χ0n) is 10.8. The van der Waals surface area contributed by atoms with Gasteiger partial charge in [0.05, 0.1) is 0 Å². The molecule has 2 aromatic heterocycles. The summed E-state index contributed by atoms with van der Waals surface area (Å²) in [6, 6.07) is 4.35. The van der Waals surface area contributed by atoms with Gasteiger partial charge in [-0.1, -0.05) is 13.0 Å². The van der Waals surface area contributed by atoms with Crippen LogP contribution >= 0.6 is 0 Å². The van der Waals surface area contributed by atoms with E-state index in [2.05, 4.69) is 34.2 Å². The SMILES string of the molecule is CCNC(C)c1cccnc1Oc1ncn(C)n1. The Hall–Kier alpha value is -1.95. The average molecular weight is 247 g/mol. The fraction of sp³-hybridized carbons (Fsp3) is 0.417. The van der Waals surface area contributed by atoms with E-state index >= 15 is 0 Å². The van der Waals surface area contributed by atoms with Gasteiger partial charge in [0, 0.05) is 24.8 Å². The van der Waals surface area contributed by atoms with Crippen molar-refractivity contribution in [1.82, 2.24) is 25.1 Å². The minimum absolute atomic E-state index is 0.169. The molecule has 0 radical (unpaired) electrons. The molecule has 2 rings (SSSR count). The molecule has 1 atom stereocenters. The van der Waals surface area contributed by atoms with Crippen LogP contribution < -0.4 is 10.1 Å². The Bertz CT molecular complexity index is 511. The first-order valence-corrected chi connectivity index (χ1v) is 5.92. The second-order valence-electron chi connectivity index (χ2n) is 3.98. The van der Waals surface area contributed by atoms with Crippen LogP contribution in [0.3, 0.4) is 0 Å². The summed E-state index contributed by atoms with van der Waals surface area (Å²) in [4.78, 5) is 8.26. The minimum atomic E-state index is 0.169. The second-order valence-corrected chi connectivity index (χ2v) is 3.98. The van der Waals surface area contributed by atoms with Crippen molar-refractivity contribution in [2.45, 2.75) is 19.9 Å². The van der Waals surface area contributed by atoms with Gasteiger partial charge in [-0.15, -0.1) is 5.10 Å². The third kappa shape index (κ3) is 2.84. The average Bonchev–Trinajstić information content (AvgIpc) is 2.76. The first-order chi connectivity index (χ1) is 8.70. The summed E-state index contributed by atoms with van der Waals surface area (Å²) in [6.07, 6.45) is 3.28. The summed E-state index contributed by atoms with van der Waals surface area (Å²) in [5.74, 6) is 0.539. The van der Waals surface area contributed by atoms with Crippen molar-refractivity contribution in [3.8, 4) is 11.9 Å². The minimum Gasteiger partial charge on any atom is -0.404 e. The van der Waals surface area contributed by atoms with Crippen LogP contribution in [0.15, 0.2) is 24.7 Å². The fourth-order valence-electron chi connectivity index (χ4n) is 1.69. The molecule has 2 aromatic rings. The van der Waals surface area contributed by atoms with Crippen molar-refractivity contribution < 1.29 is 4.74 Å². The van der Waals surface area contributed by atoms with Crippen molar-refractivity contribution in [1.29, 1.82) is 0 Å². The smallest absolute Gasteiger partial charge is 0.342 e. The molecular formula is C12H17N5O. The van der Waals surface area contributed by atoms with Crippen LogP contribution in [0.1, 0.15) is 25.5 Å². The highest BCUT2D eigenvalue weighted by atomic mass is 16.5. The van der Waals surface area contributed by atoms with E-state index in [1.54, 1.807) is 24.3 Å². The van der Waals surface area contributed by atoms with Crippen LogP contribution in [0.4, 0.5) is 0 Å². The lowest BCUT2D eigenvalue weighted by Gasteiger charge is -2.14. The lowest BCUT2D eigenvalue weighted by molar-refractivity contribution is 0.409. The molecule has 0 aliphatic carbocycles. The maximum absolute atomic E-state index is 5.60. The molecule has 18 heavy (non-hydrogen) atoms. The Morgan fingerprint density at radius 1 is 1.44 bits per heavy atom. The van der Waals surface area contributed by atoms with Gasteiger partial charge in [0.1, 0.15) is 6.33 Å². The highest BCUT2D eigenvalue weighted by molar-refractivity contribution is 5.30. The van der Waals surface area contributed by atoms with Gasteiger partial charge < -0.3 is 10.1 Å². The molecule has 2 heterocycles. The van der Waals surface area contributed by atoms with E-state index in [0.717, 1.165) is 12.1 Å². The van der Waals surface area contributed by atoms with Crippen LogP contribution in [-0.4, -0.2) is 26.3 Å². The number of pyridine rings is 1. The predicted octanol–water partition coefficient (Wildman–Crippen LogP) is 1.67. The monoisotopic (exact) mass is 247 g/mol. The predicted molar refractivity (Wildman–Crippen MR) is 67.4 cm³/mol. The molecule has 0 saturated carbocycles. The van der Waals surface area contributed by atoms with Gasteiger partial charge >= 0.3 is 6.01 Å². The molecule has 0 aromatic carbocycles. The van der Waals surface area contributed by atoms with Crippen molar-refractivity contribution in [3.05, 3.63) is 30.2 Å². The number of aryl methyl sites for hydroxylation is 1. The van der Waals surface area contributed by atoms with Crippen molar-refractivity contribution in [2.75, 3.05) is 6.54 Å². The highest BCUT2D eigenvalue weighted by Crippen LogP contribution is 2.25. The number of hydrogen-bond donors (Lipinski definition) is 1. The number of ether oxygens (including phenoxy) is 1. The summed E-state index contributed by atoms with van der Waals surface area (Å²) in [7, 11) is 1.79. The van der Waals surface area contributed by atoms with E-state index in [-0.39, 0.29) is 6.04 Å². The summed E-state index contributed by atoms with van der Waals surface area (Å²) < 4.78 is 7.19. The quantitative estimate of drug-likeness (QED) is 0.870. The molecule has 0 saturated heterocycles. The lowest BCUT2D eigenvalue weighted by atomic mass is 10.1. The van der Waals surface area contributed by atoms with Crippen LogP contribution in [0.2, 0.25) is 0 Å². The molecule has 6 nitrogen and oxygen atoms in total. The number of hydrogen-bond acceptors (Lipinski definition) is 5. The fourth-order valence-corrected chi connectivity index (χ4v) is 1.69. The first kappa shape index (κ1) is 12.5. The summed E-state index contributed by atoms with van der Waals surface area (Å²) >= 11 is 0. The van der Waals surface area contributed by atoms with Gasteiger partial charge in [-0.25, -0.2) is 4.98 Å². The second kappa shape index (κ2) is 5.59. The summed E-state index contributed by atoms with van der Waals surface area (Å²) in [6.45, 7) is 5.02. The zero-order valence-corrected chi connectivity index (χ0v) is 10.8. The Balaban J connectivity index is 2.22. The third-order valence-corrected chi connectivity index (χ3v) is 2.54. The van der Waals surface area contributed by atoms with E-state index in [9.17, 15) is 0 Å². The van der Waals surface area contributed by atoms with E-state index < -0.39 is 0 Å².